The molecule has 2 heterocycles. The van der Waals surface area contributed by atoms with Gasteiger partial charge >= 0.3 is 0 Å². The van der Waals surface area contributed by atoms with E-state index in [1.165, 1.54) is 51.7 Å². The lowest BCUT2D eigenvalue weighted by Gasteiger charge is -2.34. The normalized spacial score (nSPS) is 25.0. The Kier molecular flexibility index (Phi) is 9.71. The number of guanidine groups is 1. The summed E-state index contributed by atoms with van der Waals surface area (Å²) in [7, 11) is 1.91. The van der Waals surface area contributed by atoms with E-state index >= 15 is 0 Å². The Hall–Kier alpha value is -0.0400. The lowest BCUT2D eigenvalue weighted by Crippen LogP contribution is -2.46. The molecule has 4 nitrogen and oxygen atoms in total. The summed E-state index contributed by atoms with van der Waals surface area (Å²) in [5.41, 5.74) is 0. The molecule has 0 radical (unpaired) electrons. The van der Waals surface area contributed by atoms with Crippen molar-refractivity contribution in [2.24, 2.45) is 16.8 Å². The number of aliphatic imine (C=N–C) groups is 1. The molecule has 0 aliphatic carbocycles. The average molecular weight is 422 g/mol. The Labute approximate surface area is 154 Å². The van der Waals surface area contributed by atoms with Gasteiger partial charge in [-0.05, 0) is 63.6 Å². The second kappa shape index (κ2) is 10.7. The summed E-state index contributed by atoms with van der Waals surface area (Å²) in [5.74, 6) is 2.83. The number of hydrogen-bond acceptors (Lipinski definition) is 2. The molecular weight excluding hydrogens is 387 g/mol. The molecule has 2 fully saturated rings. The standard InChI is InChI=1S/C17H34N4.HI/c1-15-7-12-20(13-8-15)10-5-9-19-17(18-3)21-11-4-6-16(2)14-21;/h15-16H,4-14H2,1-3H3,(H,18,19);1H. The van der Waals surface area contributed by atoms with Gasteiger partial charge in [0.15, 0.2) is 5.96 Å². The van der Waals surface area contributed by atoms with Gasteiger partial charge in [-0.25, -0.2) is 0 Å². The van der Waals surface area contributed by atoms with Gasteiger partial charge in [0.1, 0.15) is 0 Å². The number of hydrogen-bond donors (Lipinski definition) is 1. The summed E-state index contributed by atoms with van der Waals surface area (Å²) in [6.07, 6.45) is 6.63. The first kappa shape index (κ1) is 20.0. The molecule has 1 unspecified atom stereocenters. The predicted octanol–water partition coefficient (Wildman–Crippen LogP) is 3.03. The van der Waals surface area contributed by atoms with Crippen molar-refractivity contribution >= 4 is 29.9 Å². The van der Waals surface area contributed by atoms with E-state index in [-0.39, 0.29) is 24.0 Å². The second-order valence-electron chi connectivity index (χ2n) is 7.05. The Morgan fingerprint density at radius 1 is 1.09 bits per heavy atom. The van der Waals surface area contributed by atoms with Gasteiger partial charge in [0.05, 0.1) is 0 Å². The third kappa shape index (κ3) is 6.60. The molecule has 2 aliphatic rings. The van der Waals surface area contributed by atoms with Crippen LogP contribution < -0.4 is 5.32 Å². The topological polar surface area (TPSA) is 30.9 Å². The van der Waals surface area contributed by atoms with E-state index in [2.05, 4.69) is 34.0 Å². The number of likely N-dealkylation sites (tertiary alicyclic amines) is 2. The third-order valence-corrected chi connectivity index (χ3v) is 4.98. The number of piperidine rings is 2. The zero-order chi connectivity index (χ0) is 15.1. The van der Waals surface area contributed by atoms with Crippen molar-refractivity contribution in [2.45, 2.75) is 46.0 Å². The van der Waals surface area contributed by atoms with Gasteiger partial charge in [-0.1, -0.05) is 13.8 Å². The second-order valence-corrected chi connectivity index (χ2v) is 7.05. The van der Waals surface area contributed by atoms with E-state index in [9.17, 15) is 0 Å². The van der Waals surface area contributed by atoms with Gasteiger partial charge in [-0.3, -0.25) is 4.99 Å². The van der Waals surface area contributed by atoms with Gasteiger partial charge in [-0.15, -0.1) is 24.0 Å². The molecule has 2 rings (SSSR count). The van der Waals surface area contributed by atoms with Crippen molar-refractivity contribution in [3.05, 3.63) is 0 Å². The number of rotatable bonds is 4. The van der Waals surface area contributed by atoms with Crippen LogP contribution in [0.15, 0.2) is 4.99 Å². The smallest absolute Gasteiger partial charge is 0.193 e. The van der Waals surface area contributed by atoms with Crippen molar-refractivity contribution in [1.29, 1.82) is 0 Å². The van der Waals surface area contributed by atoms with Crippen LogP contribution in [-0.4, -0.2) is 62.1 Å². The van der Waals surface area contributed by atoms with E-state index in [1.807, 2.05) is 7.05 Å². The maximum atomic E-state index is 4.46. The Morgan fingerprint density at radius 3 is 2.45 bits per heavy atom. The third-order valence-electron chi connectivity index (χ3n) is 4.98. The highest BCUT2D eigenvalue weighted by Crippen LogP contribution is 2.16. The minimum atomic E-state index is 0. The quantitative estimate of drug-likeness (QED) is 0.327. The highest BCUT2D eigenvalue weighted by molar-refractivity contribution is 14.0. The van der Waals surface area contributed by atoms with E-state index < -0.39 is 0 Å². The first-order valence-corrected chi connectivity index (χ1v) is 8.87. The average Bonchev–Trinajstić information content (AvgIpc) is 2.49. The first-order valence-electron chi connectivity index (χ1n) is 8.87. The van der Waals surface area contributed by atoms with Crippen LogP contribution in [0.4, 0.5) is 0 Å². The zero-order valence-corrected chi connectivity index (χ0v) is 17.0. The van der Waals surface area contributed by atoms with Crippen molar-refractivity contribution in [2.75, 3.05) is 46.3 Å². The SMILES string of the molecule is CN=C(NCCCN1CCC(C)CC1)N1CCCC(C)C1.I. The molecule has 0 aromatic rings. The molecule has 130 valence electrons. The zero-order valence-electron chi connectivity index (χ0n) is 14.7. The van der Waals surface area contributed by atoms with Crippen molar-refractivity contribution in [3.8, 4) is 0 Å². The molecule has 0 aromatic heterocycles. The van der Waals surface area contributed by atoms with Crippen LogP contribution >= 0.6 is 24.0 Å². The van der Waals surface area contributed by atoms with E-state index in [1.54, 1.807) is 0 Å². The molecule has 2 saturated heterocycles. The fraction of sp³-hybridized carbons (Fsp3) is 0.941. The van der Waals surface area contributed by atoms with Gasteiger partial charge in [0.25, 0.3) is 0 Å². The minimum Gasteiger partial charge on any atom is -0.356 e. The summed E-state index contributed by atoms with van der Waals surface area (Å²) >= 11 is 0. The monoisotopic (exact) mass is 422 g/mol. The summed E-state index contributed by atoms with van der Waals surface area (Å²) in [6, 6.07) is 0. The van der Waals surface area contributed by atoms with Crippen LogP contribution in [0.1, 0.15) is 46.0 Å². The molecule has 0 aromatic carbocycles. The van der Waals surface area contributed by atoms with Gasteiger partial charge in [0, 0.05) is 26.7 Å². The predicted molar refractivity (Wildman–Crippen MR) is 106 cm³/mol. The summed E-state index contributed by atoms with van der Waals surface area (Å²) in [4.78, 5) is 9.50. The number of nitrogens with one attached hydrogen (secondary N) is 1. The van der Waals surface area contributed by atoms with Crippen molar-refractivity contribution in [1.82, 2.24) is 15.1 Å². The summed E-state index contributed by atoms with van der Waals surface area (Å²) < 4.78 is 0. The molecule has 1 atom stereocenters. The molecule has 0 spiro atoms. The fourth-order valence-corrected chi connectivity index (χ4v) is 3.50. The fourth-order valence-electron chi connectivity index (χ4n) is 3.50. The van der Waals surface area contributed by atoms with E-state index in [0.717, 1.165) is 37.4 Å². The van der Waals surface area contributed by atoms with Crippen LogP contribution in [0, 0.1) is 11.8 Å². The molecular formula is C17H35IN4. The molecule has 5 heteroatoms. The highest BCUT2D eigenvalue weighted by atomic mass is 127. The Morgan fingerprint density at radius 2 is 1.82 bits per heavy atom. The Balaban J connectivity index is 0.00000242. The van der Waals surface area contributed by atoms with E-state index in [4.69, 9.17) is 0 Å². The first-order chi connectivity index (χ1) is 10.2. The highest BCUT2D eigenvalue weighted by Gasteiger charge is 2.19. The van der Waals surface area contributed by atoms with Crippen LogP contribution in [0.25, 0.3) is 0 Å². The maximum Gasteiger partial charge on any atom is 0.193 e. The number of halogens is 1. The molecule has 22 heavy (non-hydrogen) atoms. The minimum absolute atomic E-state index is 0. The van der Waals surface area contributed by atoms with E-state index in [0.29, 0.717) is 0 Å². The van der Waals surface area contributed by atoms with Gasteiger partial charge in [0.2, 0.25) is 0 Å². The van der Waals surface area contributed by atoms with Gasteiger partial charge in [-0.2, -0.15) is 0 Å². The maximum absolute atomic E-state index is 4.46. The summed E-state index contributed by atoms with van der Waals surface area (Å²) in [6.45, 7) is 11.9. The molecule has 0 amide bonds. The summed E-state index contributed by atoms with van der Waals surface area (Å²) in [5, 5.41) is 3.56. The largest absolute Gasteiger partial charge is 0.356 e. The molecule has 2 aliphatic heterocycles. The molecule has 0 bridgehead atoms. The van der Waals surface area contributed by atoms with Crippen molar-refractivity contribution < 1.29 is 0 Å². The number of nitrogens with zero attached hydrogens (tertiary/aromatic N) is 3. The van der Waals surface area contributed by atoms with Gasteiger partial charge < -0.3 is 15.1 Å². The lowest BCUT2D eigenvalue weighted by molar-refractivity contribution is 0.190. The molecule has 0 saturated carbocycles. The van der Waals surface area contributed by atoms with Crippen LogP contribution in [0.2, 0.25) is 0 Å². The van der Waals surface area contributed by atoms with Crippen molar-refractivity contribution in [3.63, 3.8) is 0 Å². The Bertz CT molecular complexity index is 327. The van der Waals surface area contributed by atoms with Crippen LogP contribution in [0.3, 0.4) is 0 Å². The van der Waals surface area contributed by atoms with Crippen LogP contribution in [0.5, 0.6) is 0 Å². The molecule has 1 N–H and O–H groups in total. The lowest BCUT2D eigenvalue weighted by atomic mass is 9.99. The van der Waals surface area contributed by atoms with Crippen LogP contribution in [-0.2, 0) is 0 Å².